The van der Waals surface area contributed by atoms with Gasteiger partial charge in [0.1, 0.15) is 12.7 Å². The molecule has 0 heterocycles. The quantitative estimate of drug-likeness (QED) is 0.0212. The Balaban J connectivity index is 3.94. The largest absolute Gasteiger partial charge is 0.480 e. The minimum atomic E-state index is -4.74. The van der Waals surface area contributed by atoms with E-state index in [1.807, 2.05) is 0 Å². The summed E-state index contributed by atoms with van der Waals surface area (Å²) in [6.45, 7) is 2.54. The number of phosphoric acid groups is 1. The van der Waals surface area contributed by atoms with E-state index in [4.69, 9.17) is 13.8 Å². The molecule has 0 aromatic rings. The molecule has 0 fully saturated rings. The molecule has 0 rings (SSSR count). The monoisotopic (exact) mass is 719 g/mol. The number of carboxylic acid groups (broad SMARTS) is 1. The summed E-state index contributed by atoms with van der Waals surface area (Å²) in [4.78, 5) is 45.6. The molecule has 49 heavy (non-hydrogen) atoms. The molecule has 3 atom stereocenters. The fourth-order valence-electron chi connectivity index (χ4n) is 5.25. The highest BCUT2D eigenvalue weighted by molar-refractivity contribution is 7.47. The van der Waals surface area contributed by atoms with Gasteiger partial charge in [0.05, 0.1) is 13.2 Å². The van der Waals surface area contributed by atoms with Gasteiger partial charge in [0.15, 0.2) is 6.04 Å². The van der Waals surface area contributed by atoms with Crippen molar-refractivity contribution in [2.24, 2.45) is 0 Å². The van der Waals surface area contributed by atoms with E-state index in [1.54, 1.807) is 0 Å². The lowest BCUT2D eigenvalue weighted by Gasteiger charge is -2.18. The molecular formula is C37H70NO10P. The van der Waals surface area contributed by atoms with Gasteiger partial charge in [-0.15, -0.1) is 0 Å². The van der Waals surface area contributed by atoms with E-state index in [0.717, 1.165) is 57.8 Å². The Morgan fingerprint density at radius 2 is 1.06 bits per heavy atom. The molecule has 3 unspecified atom stereocenters. The van der Waals surface area contributed by atoms with Gasteiger partial charge in [-0.2, -0.15) is 0 Å². The molecular weight excluding hydrogens is 649 g/mol. The number of ether oxygens (including phenoxy) is 1. The van der Waals surface area contributed by atoms with Crippen LogP contribution in [0.15, 0.2) is 12.2 Å². The van der Waals surface area contributed by atoms with Gasteiger partial charge in [-0.1, -0.05) is 135 Å². The second-order valence-electron chi connectivity index (χ2n) is 13.1. The van der Waals surface area contributed by atoms with Crippen molar-refractivity contribution in [1.29, 1.82) is 0 Å². The number of carboxylic acids is 1. The number of amides is 1. The lowest BCUT2D eigenvalue weighted by atomic mass is 10.1. The number of aliphatic carboxylic acids is 1. The number of nitrogens with one attached hydrogen (secondary N) is 1. The van der Waals surface area contributed by atoms with E-state index in [1.165, 1.54) is 77.0 Å². The van der Waals surface area contributed by atoms with Gasteiger partial charge in [0, 0.05) is 12.8 Å². The van der Waals surface area contributed by atoms with Crippen LogP contribution in [0.2, 0.25) is 0 Å². The highest BCUT2D eigenvalue weighted by Gasteiger charge is 2.28. The third-order valence-corrected chi connectivity index (χ3v) is 9.26. The molecule has 0 aliphatic carbocycles. The first kappa shape index (κ1) is 47.2. The first-order valence-corrected chi connectivity index (χ1v) is 20.7. The number of aliphatic hydroxyl groups is 1. The van der Waals surface area contributed by atoms with Crippen LogP contribution in [-0.4, -0.2) is 64.9 Å². The maximum absolute atomic E-state index is 12.2. The molecule has 0 radical (unpaired) electrons. The van der Waals surface area contributed by atoms with Crippen LogP contribution in [-0.2, 0) is 32.7 Å². The minimum absolute atomic E-state index is 0.149. The van der Waals surface area contributed by atoms with Crippen LogP contribution < -0.4 is 5.32 Å². The summed E-state index contributed by atoms with van der Waals surface area (Å²) in [5.41, 5.74) is 0. The zero-order valence-corrected chi connectivity index (χ0v) is 31.6. The van der Waals surface area contributed by atoms with Crippen molar-refractivity contribution in [2.75, 3.05) is 19.8 Å². The molecule has 0 saturated carbocycles. The average Bonchev–Trinajstić information content (AvgIpc) is 3.07. The lowest BCUT2D eigenvalue weighted by Crippen LogP contribution is -2.43. The number of carbonyl (C=O) groups excluding carboxylic acids is 2. The van der Waals surface area contributed by atoms with Crippen molar-refractivity contribution in [3.05, 3.63) is 12.2 Å². The normalized spacial score (nSPS) is 14.0. The minimum Gasteiger partial charge on any atom is -0.480 e. The molecule has 0 bridgehead atoms. The second-order valence-corrected chi connectivity index (χ2v) is 14.6. The number of phosphoric ester groups is 1. The fourth-order valence-corrected chi connectivity index (χ4v) is 6.02. The predicted molar refractivity (Wildman–Crippen MR) is 194 cm³/mol. The smallest absolute Gasteiger partial charge is 0.472 e. The molecule has 288 valence electrons. The fraction of sp³-hybridized carbons (Fsp3) is 0.865. The Bertz CT molecular complexity index is 900. The maximum Gasteiger partial charge on any atom is 0.472 e. The Labute approximate surface area is 296 Å². The zero-order chi connectivity index (χ0) is 36.4. The molecule has 12 heteroatoms. The summed E-state index contributed by atoms with van der Waals surface area (Å²) in [6, 6.07) is -1.54. The summed E-state index contributed by atoms with van der Waals surface area (Å²) < 4.78 is 26.7. The Kier molecular flexibility index (Phi) is 32.2. The first-order chi connectivity index (χ1) is 23.6. The molecule has 0 aliphatic rings. The maximum atomic E-state index is 12.2. The molecule has 0 aliphatic heterocycles. The molecule has 11 nitrogen and oxygen atoms in total. The highest BCUT2D eigenvalue weighted by Crippen LogP contribution is 2.43. The van der Waals surface area contributed by atoms with Gasteiger partial charge in [0.2, 0.25) is 5.91 Å². The van der Waals surface area contributed by atoms with E-state index in [0.29, 0.717) is 12.8 Å². The Morgan fingerprint density at radius 3 is 1.55 bits per heavy atom. The summed E-state index contributed by atoms with van der Waals surface area (Å²) in [5, 5.41) is 21.7. The number of allylic oxidation sites excluding steroid dienone is 2. The van der Waals surface area contributed by atoms with Crippen molar-refractivity contribution in [1.82, 2.24) is 5.32 Å². The molecule has 0 spiro atoms. The van der Waals surface area contributed by atoms with E-state index >= 15 is 0 Å². The SMILES string of the molecule is CCCCCCCC/C=C\CCCCCCCC(=O)OCC(O)COP(=O)(O)OCC(NC(=O)CCCCCCCCCCCC)C(=O)O. The van der Waals surface area contributed by atoms with Gasteiger partial charge < -0.3 is 25.2 Å². The third-order valence-electron chi connectivity index (χ3n) is 8.30. The standard InChI is InChI=1S/C37H70NO10P/c1-3-5-7-9-11-13-15-16-17-18-19-21-23-25-27-29-36(41)46-30-33(39)31-47-49(44,45)48-32-34(37(42)43)38-35(40)28-26-24-22-20-14-12-10-8-6-4-2/h16-17,33-34,39H,3-15,18-32H2,1-2H3,(H,38,40)(H,42,43)(H,44,45)/b17-16-. The van der Waals surface area contributed by atoms with Gasteiger partial charge >= 0.3 is 19.8 Å². The van der Waals surface area contributed by atoms with Crippen molar-refractivity contribution in [2.45, 2.75) is 187 Å². The van der Waals surface area contributed by atoms with Crippen LogP contribution in [0, 0.1) is 0 Å². The number of hydrogen-bond donors (Lipinski definition) is 4. The van der Waals surface area contributed by atoms with Crippen LogP contribution in [0.1, 0.15) is 174 Å². The third kappa shape index (κ3) is 33.1. The topological polar surface area (TPSA) is 169 Å². The Morgan fingerprint density at radius 1 is 0.633 bits per heavy atom. The number of aliphatic hydroxyl groups excluding tert-OH is 1. The number of rotatable bonds is 36. The van der Waals surface area contributed by atoms with Crippen molar-refractivity contribution < 1.29 is 47.8 Å². The van der Waals surface area contributed by atoms with Crippen LogP contribution in [0.4, 0.5) is 0 Å². The summed E-state index contributed by atoms with van der Waals surface area (Å²) in [7, 11) is -4.74. The van der Waals surface area contributed by atoms with Gasteiger partial charge in [-0.25, -0.2) is 9.36 Å². The van der Waals surface area contributed by atoms with E-state index in [9.17, 15) is 34.1 Å². The van der Waals surface area contributed by atoms with Crippen LogP contribution >= 0.6 is 7.82 Å². The molecule has 0 aromatic carbocycles. The van der Waals surface area contributed by atoms with E-state index in [2.05, 4.69) is 31.3 Å². The summed E-state index contributed by atoms with van der Waals surface area (Å²) in [5.74, 6) is -2.38. The number of carbonyl (C=O) groups is 3. The number of unbranched alkanes of at least 4 members (excludes halogenated alkanes) is 20. The number of hydrogen-bond acceptors (Lipinski definition) is 8. The second kappa shape index (κ2) is 33.4. The van der Waals surface area contributed by atoms with Crippen molar-refractivity contribution in [3.63, 3.8) is 0 Å². The van der Waals surface area contributed by atoms with E-state index in [-0.39, 0.29) is 12.8 Å². The van der Waals surface area contributed by atoms with Crippen molar-refractivity contribution in [3.8, 4) is 0 Å². The number of esters is 1. The molecule has 1 amide bonds. The summed E-state index contributed by atoms with van der Waals surface area (Å²) in [6.07, 6.45) is 29.6. The van der Waals surface area contributed by atoms with E-state index < -0.39 is 57.6 Å². The lowest BCUT2D eigenvalue weighted by molar-refractivity contribution is -0.147. The Hall–Kier alpha value is -1.78. The highest BCUT2D eigenvalue weighted by atomic mass is 31.2. The van der Waals surface area contributed by atoms with Gasteiger partial charge in [0.25, 0.3) is 0 Å². The molecule has 0 aromatic heterocycles. The molecule has 4 N–H and O–H groups in total. The average molecular weight is 720 g/mol. The van der Waals surface area contributed by atoms with Crippen molar-refractivity contribution >= 4 is 25.7 Å². The molecule has 0 saturated heterocycles. The predicted octanol–water partition coefficient (Wildman–Crippen LogP) is 8.94. The van der Waals surface area contributed by atoms with Gasteiger partial charge in [-0.05, 0) is 38.5 Å². The summed E-state index contributed by atoms with van der Waals surface area (Å²) >= 11 is 0. The first-order valence-electron chi connectivity index (χ1n) is 19.2. The van der Waals surface area contributed by atoms with Crippen LogP contribution in [0.3, 0.4) is 0 Å². The van der Waals surface area contributed by atoms with Crippen LogP contribution in [0.25, 0.3) is 0 Å². The van der Waals surface area contributed by atoms with Crippen LogP contribution in [0.5, 0.6) is 0 Å². The van der Waals surface area contributed by atoms with Gasteiger partial charge in [-0.3, -0.25) is 18.6 Å². The zero-order valence-electron chi connectivity index (χ0n) is 30.8.